The van der Waals surface area contributed by atoms with Gasteiger partial charge in [0.15, 0.2) is 6.10 Å². The van der Waals surface area contributed by atoms with E-state index in [1.165, 1.54) is 5.56 Å². The van der Waals surface area contributed by atoms with Gasteiger partial charge >= 0.3 is 0 Å². The lowest BCUT2D eigenvalue weighted by atomic mass is 10.2. The smallest absolute Gasteiger partial charge is 0.294 e. The van der Waals surface area contributed by atoms with Gasteiger partial charge in [-0.1, -0.05) is 35.9 Å². The van der Waals surface area contributed by atoms with Gasteiger partial charge in [0.05, 0.1) is 0 Å². The molecule has 1 aromatic carbocycles. The van der Waals surface area contributed by atoms with Crippen LogP contribution < -0.4 is 0 Å². The summed E-state index contributed by atoms with van der Waals surface area (Å²) in [5, 5.41) is 25.5. The molecule has 12 heteroatoms. The maximum Gasteiger partial charge on any atom is 0.294 e. The van der Waals surface area contributed by atoms with Crippen LogP contribution in [0.2, 0.25) is 0 Å². The largest absolute Gasteiger partial charge is 0.311 e. The summed E-state index contributed by atoms with van der Waals surface area (Å²) in [6, 6.07) is 10.3. The molecular formula is C10H13N3O9. The van der Waals surface area contributed by atoms with Gasteiger partial charge in [0.2, 0.25) is 0 Å². The molecule has 0 N–H and O–H groups in total. The average Bonchev–Trinajstić information content (AvgIpc) is 2.42. The molecule has 0 aliphatic heterocycles. The van der Waals surface area contributed by atoms with Gasteiger partial charge in [-0.2, -0.15) is 0 Å². The van der Waals surface area contributed by atoms with Gasteiger partial charge < -0.3 is 14.5 Å². The first kappa shape index (κ1) is 18.8. The van der Waals surface area contributed by atoms with E-state index in [2.05, 4.69) is 33.6 Å². The first-order chi connectivity index (χ1) is 10.3. The summed E-state index contributed by atoms with van der Waals surface area (Å²) in [6.45, 7) is 0.392. The highest BCUT2D eigenvalue weighted by Gasteiger charge is 2.17. The van der Waals surface area contributed by atoms with Crippen molar-refractivity contribution in [3.05, 3.63) is 66.2 Å². The molecule has 0 saturated carbocycles. The zero-order valence-electron chi connectivity index (χ0n) is 11.4. The molecule has 0 heterocycles. The molecule has 0 spiro atoms. The Morgan fingerprint density at radius 1 is 0.909 bits per heavy atom. The van der Waals surface area contributed by atoms with Crippen molar-refractivity contribution >= 4 is 0 Å². The summed E-state index contributed by atoms with van der Waals surface area (Å²) < 4.78 is 0. The number of hydrogen-bond donors (Lipinski definition) is 0. The van der Waals surface area contributed by atoms with Crippen LogP contribution in [0.4, 0.5) is 0 Å². The minimum Gasteiger partial charge on any atom is -0.311 e. The van der Waals surface area contributed by atoms with Crippen molar-refractivity contribution in [2.24, 2.45) is 0 Å². The van der Waals surface area contributed by atoms with Gasteiger partial charge in [-0.3, -0.25) is 0 Å². The molecule has 0 unspecified atom stereocenters. The summed E-state index contributed by atoms with van der Waals surface area (Å²) in [5.74, 6) is 0. The molecule has 0 radical (unpaired) electrons. The lowest BCUT2D eigenvalue weighted by Gasteiger charge is -2.11. The van der Waals surface area contributed by atoms with E-state index in [-0.39, 0.29) is 0 Å². The molecule has 0 aliphatic carbocycles. The third-order valence-electron chi connectivity index (χ3n) is 1.91. The molecule has 0 aliphatic rings. The standard InChI is InChI=1S/C7H8.C3H5N3O9/c1-7-5-3-2-4-6-7;7-4(8)13-1-3(15-6(11)12)2-14-5(9)10/h2-6H,1H3;3H,1-2H2. The second-order valence-electron chi connectivity index (χ2n) is 3.64. The highest BCUT2D eigenvalue weighted by atomic mass is 17.0. The Kier molecular flexibility index (Phi) is 9.06. The third-order valence-corrected chi connectivity index (χ3v) is 1.91. The van der Waals surface area contributed by atoms with E-state index in [1.54, 1.807) is 0 Å². The summed E-state index contributed by atoms with van der Waals surface area (Å²) in [6.07, 6.45) is -1.55. The van der Waals surface area contributed by atoms with Gasteiger partial charge in [0.25, 0.3) is 15.3 Å². The van der Waals surface area contributed by atoms with Gasteiger partial charge in [0.1, 0.15) is 13.2 Å². The van der Waals surface area contributed by atoms with E-state index in [0.29, 0.717) is 0 Å². The Labute approximate surface area is 123 Å². The molecule has 1 aromatic rings. The fraction of sp³-hybridized carbons (Fsp3) is 0.400. The number of aryl methyl sites for hydroxylation is 1. The van der Waals surface area contributed by atoms with Crippen molar-refractivity contribution in [2.75, 3.05) is 13.2 Å². The Morgan fingerprint density at radius 2 is 1.36 bits per heavy atom. The summed E-state index contributed by atoms with van der Waals surface area (Å²) in [7, 11) is 0. The molecule has 0 amide bonds. The van der Waals surface area contributed by atoms with E-state index in [0.717, 1.165) is 0 Å². The lowest BCUT2D eigenvalue weighted by molar-refractivity contribution is -0.803. The van der Waals surface area contributed by atoms with Crippen molar-refractivity contribution in [3.8, 4) is 0 Å². The zero-order valence-corrected chi connectivity index (χ0v) is 11.4. The Bertz CT molecular complexity index is 464. The minimum atomic E-state index is -1.55. The molecule has 22 heavy (non-hydrogen) atoms. The van der Waals surface area contributed by atoms with E-state index in [1.807, 2.05) is 18.2 Å². The molecule has 1 rings (SSSR count). The van der Waals surface area contributed by atoms with Crippen molar-refractivity contribution < 1.29 is 29.8 Å². The van der Waals surface area contributed by atoms with Crippen molar-refractivity contribution in [1.82, 2.24) is 0 Å². The maximum atomic E-state index is 9.83. The molecule has 0 fully saturated rings. The topological polar surface area (TPSA) is 157 Å². The Morgan fingerprint density at radius 3 is 1.64 bits per heavy atom. The Hall–Kier alpha value is -3.18. The molecule has 0 aromatic heterocycles. The zero-order chi connectivity index (χ0) is 17.0. The highest BCUT2D eigenvalue weighted by Crippen LogP contribution is 1.96. The second-order valence-corrected chi connectivity index (χ2v) is 3.64. The first-order valence-electron chi connectivity index (χ1n) is 5.68. The van der Waals surface area contributed by atoms with Gasteiger partial charge in [0, 0.05) is 0 Å². The molecule has 0 atom stereocenters. The van der Waals surface area contributed by atoms with E-state index in [4.69, 9.17) is 0 Å². The van der Waals surface area contributed by atoms with E-state index >= 15 is 0 Å². The summed E-state index contributed by atoms with van der Waals surface area (Å²) in [4.78, 5) is 40.5. The van der Waals surface area contributed by atoms with Gasteiger partial charge in [-0.15, -0.1) is 30.3 Å². The minimum absolute atomic E-state index is 0.845. The molecule has 122 valence electrons. The molecule has 0 bridgehead atoms. The van der Waals surface area contributed by atoms with E-state index < -0.39 is 34.6 Å². The van der Waals surface area contributed by atoms with Crippen LogP contribution in [0.1, 0.15) is 5.56 Å². The number of benzene rings is 1. The Balaban J connectivity index is 0.000000518. The predicted octanol–water partition coefficient (Wildman–Crippen LogP) is 0.975. The maximum absolute atomic E-state index is 9.83. The first-order valence-corrected chi connectivity index (χ1v) is 5.68. The van der Waals surface area contributed by atoms with Crippen molar-refractivity contribution in [1.29, 1.82) is 0 Å². The van der Waals surface area contributed by atoms with Crippen molar-refractivity contribution in [2.45, 2.75) is 13.0 Å². The third kappa shape index (κ3) is 11.9. The van der Waals surface area contributed by atoms with Crippen LogP contribution in [-0.2, 0) is 14.5 Å². The molecule has 12 nitrogen and oxygen atoms in total. The number of nitrogens with zero attached hydrogens (tertiary/aromatic N) is 3. The van der Waals surface area contributed by atoms with Crippen molar-refractivity contribution in [3.63, 3.8) is 0 Å². The van der Waals surface area contributed by atoms with Gasteiger partial charge in [-0.05, 0) is 6.92 Å². The van der Waals surface area contributed by atoms with E-state index in [9.17, 15) is 30.3 Å². The highest BCUT2D eigenvalue weighted by molar-refractivity contribution is 5.11. The normalized spacial score (nSPS) is 9.18. The van der Waals surface area contributed by atoms with Gasteiger partial charge in [-0.25, -0.2) is 0 Å². The predicted molar refractivity (Wildman–Crippen MR) is 68.9 cm³/mol. The SMILES string of the molecule is Cc1ccccc1.O=[N+]([O-])OCC(CO[N+](=O)[O-])O[N+](=O)[O-]. The van der Waals surface area contributed by atoms with Crippen LogP contribution in [0.15, 0.2) is 30.3 Å². The number of hydrogen-bond acceptors (Lipinski definition) is 9. The van der Waals surface area contributed by atoms with Crippen LogP contribution in [0.3, 0.4) is 0 Å². The van der Waals surface area contributed by atoms with Crippen LogP contribution in [-0.4, -0.2) is 34.6 Å². The van der Waals surface area contributed by atoms with Crippen LogP contribution in [0, 0.1) is 37.3 Å². The van der Waals surface area contributed by atoms with Crippen LogP contribution >= 0.6 is 0 Å². The molecular weight excluding hydrogens is 306 g/mol. The quantitative estimate of drug-likeness (QED) is 0.502. The lowest BCUT2D eigenvalue weighted by Crippen LogP contribution is -2.30. The monoisotopic (exact) mass is 319 g/mol. The second kappa shape index (κ2) is 10.6. The van der Waals surface area contributed by atoms with Crippen LogP contribution in [0.25, 0.3) is 0 Å². The fourth-order valence-corrected chi connectivity index (χ4v) is 1.05. The molecule has 0 saturated heterocycles. The summed E-state index contributed by atoms with van der Waals surface area (Å²) >= 11 is 0. The number of rotatable bonds is 8. The average molecular weight is 319 g/mol. The summed E-state index contributed by atoms with van der Waals surface area (Å²) in [5.41, 5.74) is 1.32. The van der Waals surface area contributed by atoms with Crippen LogP contribution in [0.5, 0.6) is 0 Å². The fourth-order valence-electron chi connectivity index (χ4n) is 1.05.